The van der Waals surface area contributed by atoms with Gasteiger partial charge in [0.15, 0.2) is 0 Å². The maximum absolute atomic E-state index is 5.45. The third kappa shape index (κ3) is 35.9. The molecule has 0 amide bonds. The molecule has 0 aromatic carbocycles. The number of hydrogen-bond acceptors (Lipinski definition) is 13. The van der Waals surface area contributed by atoms with Crippen molar-refractivity contribution in [2.24, 2.45) is 5.73 Å². The highest BCUT2D eigenvalue weighted by Gasteiger charge is 1.96. The zero-order valence-corrected chi connectivity index (χ0v) is 23.4. The molecule has 224 valence electrons. The first-order chi connectivity index (χ1) is 18.4. The van der Waals surface area contributed by atoms with Crippen LogP contribution in [0.2, 0.25) is 0 Å². The smallest absolute Gasteiger partial charge is 0.0701 e. The summed E-state index contributed by atoms with van der Waals surface area (Å²) in [6, 6.07) is 0. The van der Waals surface area contributed by atoms with E-state index < -0.39 is 0 Å². The van der Waals surface area contributed by atoms with E-state index in [1.165, 1.54) is 0 Å². The van der Waals surface area contributed by atoms with Crippen LogP contribution in [-0.4, -0.2) is 158 Å². The van der Waals surface area contributed by atoms with E-state index in [4.69, 9.17) is 57.8 Å². The Morgan fingerprint density at radius 1 is 0.270 bits per heavy atom. The Morgan fingerprint density at radius 3 is 0.595 bits per heavy atom. The number of ether oxygens (including phenoxy) is 11. The van der Waals surface area contributed by atoms with Crippen LogP contribution in [0.1, 0.15) is 0 Å². The predicted octanol–water partition coefficient (Wildman–Crippen LogP) is 0.0575. The number of thiol groups is 1. The zero-order valence-electron chi connectivity index (χ0n) is 22.5. The molecule has 0 rings (SSSR count). The third-order valence-corrected chi connectivity index (χ3v) is 4.40. The molecular weight excluding hydrogens is 510 g/mol. The molecule has 0 radical (unpaired) electrons. The fourth-order valence-corrected chi connectivity index (χ4v) is 2.58. The Kier molecular flexibility index (Phi) is 35.7. The second-order valence-electron chi connectivity index (χ2n) is 7.25. The van der Waals surface area contributed by atoms with Crippen LogP contribution in [-0.2, 0) is 52.1 Å². The minimum Gasteiger partial charge on any atom is -0.378 e. The normalized spacial score (nSPS) is 11.5. The first kappa shape index (κ1) is 36.9. The molecule has 37 heavy (non-hydrogen) atoms. The molecule has 13 heteroatoms. The van der Waals surface area contributed by atoms with Gasteiger partial charge in [0, 0.05) is 12.3 Å². The molecule has 0 spiro atoms. The van der Waals surface area contributed by atoms with Crippen molar-refractivity contribution < 1.29 is 52.1 Å². The van der Waals surface area contributed by atoms with Gasteiger partial charge in [-0.2, -0.15) is 12.6 Å². The highest BCUT2D eigenvalue weighted by molar-refractivity contribution is 7.80. The third-order valence-electron chi connectivity index (χ3n) is 4.22. The van der Waals surface area contributed by atoms with E-state index in [0.29, 0.717) is 152 Å². The van der Waals surface area contributed by atoms with Crippen LogP contribution < -0.4 is 5.73 Å². The van der Waals surface area contributed by atoms with Crippen LogP contribution >= 0.6 is 12.6 Å². The summed E-state index contributed by atoms with van der Waals surface area (Å²) in [5.41, 5.74) is 5.32. The molecule has 0 saturated heterocycles. The van der Waals surface area contributed by atoms with Crippen LogP contribution in [0.5, 0.6) is 0 Å². The predicted molar refractivity (Wildman–Crippen MR) is 142 cm³/mol. The van der Waals surface area contributed by atoms with E-state index in [2.05, 4.69) is 12.6 Å². The van der Waals surface area contributed by atoms with Gasteiger partial charge in [0.05, 0.1) is 145 Å². The minimum atomic E-state index is 0.518. The molecule has 0 aliphatic heterocycles. The summed E-state index contributed by atoms with van der Waals surface area (Å²) in [7, 11) is 0. The van der Waals surface area contributed by atoms with E-state index in [-0.39, 0.29) is 0 Å². The standard InChI is InChI=1S/C24H51NO11S/c25-1-2-26-3-4-27-5-6-28-7-8-29-9-10-30-11-12-31-13-14-32-15-16-33-17-18-34-19-20-35-21-22-36-23-24-37/h37H,1-25H2. The van der Waals surface area contributed by atoms with Gasteiger partial charge in [-0.1, -0.05) is 0 Å². The molecule has 0 bridgehead atoms. The van der Waals surface area contributed by atoms with Gasteiger partial charge < -0.3 is 57.8 Å². The van der Waals surface area contributed by atoms with E-state index in [1.807, 2.05) is 0 Å². The molecule has 2 N–H and O–H groups in total. The SMILES string of the molecule is NCCOCCOCCOCCOCCOCCOCCOCCOCCOCCOCCOCCS. The van der Waals surface area contributed by atoms with Crippen LogP contribution in [0, 0.1) is 0 Å². The molecule has 0 heterocycles. The molecule has 0 fully saturated rings. The summed E-state index contributed by atoms with van der Waals surface area (Å²) in [6.45, 7) is 12.4. The molecule has 0 aliphatic rings. The molecular formula is C24H51NO11S. The number of rotatable bonds is 34. The topological polar surface area (TPSA) is 128 Å². The Hall–Kier alpha value is -0.130. The second kappa shape index (κ2) is 35.9. The molecule has 0 aromatic rings. The lowest BCUT2D eigenvalue weighted by molar-refractivity contribution is -0.0273. The van der Waals surface area contributed by atoms with Crippen LogP contribution in [0.3, 0.4) is 0 Å². The van der Waals surface area contributed by atoms with Crippen molar-refractivity contribution in [1.82, 2.24) is 0 Å². The number of nitrogens with two attached hydrogens (primary N) is 1. The second-order valence-corrected chi connectivity index (χ2v) is 7.70. The van der Waals surface area contributed by atoms with E-state index in [0.717, 1.165) is 5.75 Å². The van der Waals surface area contributed by atoms with Crippen molar-refractivity contribution in [1.29, 1.82) is 0 Å². The van der Waals surface area contributed by atoms with Gasteiger partial charge in [0.1, 0.15) is 0 Å². The monoisotopic (exact) mass is 561 g/mol. The van der Waals surface area contributed by atoms with Crippen molar-refractivity contribution >= 4 is 12.6 Å². The highest BCUT2D eigenvalue weighted by Crippen LogP contribution is 1.87. The summed E-state index contributed by atoms with van der Waals surface area (Å²) in [5, 5.41) is 0. The lowest BCUT2D eigenvalue weighted by atomic mass is 10.6. The largest absolute Gasteiger partial charge is 0.378 e. The van der Waals surface area contributed by atoms with E-state index >= 15 is 0 Å². The van der Waals surface area contributed by atoms with Gasteiger partial charge in [-0.25, -0.2) is 0 Å². The average Bonchev–Trinajstić information content (AvgIpc) is 2.91. The molecule has 0 atom stereocenters. The van der Waals surface area contributed by atoms with E-state index in [9.17, 15) is 0 Å². The number of hydrogen-bond donors (Lipinski definition) is 2. The fourth-order valence-electron chi connectivity index (χ4n) is 2.45. The lowest BCUT2D eigenvalue weighted by Crippen LogP contribution is -2.15. The van der Waals surface area contributed by atoms with Gasteiger partial charge in [0.2, 0.25) is 0 Å². The first-order valence-electron chi connectivity index (χ1n) is 13.1. The molecule has 0 unspecified atom stereocenters. The Labute approximate surface area is 228 Å². The van der Waals surface area contributed by atoms with Crippen LogP contribution in [0.4, 0.5) is 0 Å². The summed E-state index contributed by atoms with van der Waals surface area (Å²) >= 11 is 4.06. The minimum absolute atomic E-state index is 0.518. The first-order valence-corrected chi connectivity index (χ1v) is 13.7. The molecule has 12 nitrogen and oxygen atoms in total. The van der Waals surface area contributed by atoms with Crippen molar-refractivity contribution in [3.63, 3.8) is 0 Å². The summed E-state index contributed by atoms with van der Waals surface area (Å²) in [6.07, 6.45) is 0. The lowest BCUT2D eigenvalue weighted by Gasteiger charge is -2.09. The summed E-state index contributed by atoms with van der Waals surface area (Å²) in [4.78, 5) is 0. The van der Waals surface area contributed by atoms with Crippen LogP contribution in [0.15, 0.2) is 0 Å². The highest BCUT2D eigenvalue weighted by atomic mass is 32.1. The summed E-state index contributed by atoms with van der Waals surface area (Å²) < 4.78 is 59.2. The Balaban J connectivity index is 3.00. The quantitative estimate of drug-likeness (QED) is 0.0814. The van der Waals surface area contributed by atoms with Crippen molar-refractivity contribution in [3.8, 4) is 0 Å². The molecule has 0 aromatic heterocycles. The maximum atomic E-state index is 5.45. The van der Waals surface area contributed by atoms with Crippen LogP contribution in [0.25, 0.3) is 0 Å². The van der Waals surface area contributed by atoms with Gasteiger partial charge in [0.25, 0.3) is 0 Å². The Morgan fingerprint density at radius 2 is 0.432 bits per heavy atom. The van der Waals surface area contributed by atoms with Crippen molar-refractivity contribution in [2.45, 2.75) is 0 Å². The summed E-state index contributed by atoms with van der Waals surface area (Å²) in [5.74, 6) is 0.721. The molecule has 0 aliphatic carbocycles. The fraction of sp³-hybridized carbons (Fsp3) is 1.00. The van der Waals surface area contributed by atoms with Gasteiger partial charge in [-0.05, 0) is 0 Å². The van der Waals surface area contributed by atoms with E-state index in [1.54, 1.807) is 0 Å². The van der Waals surface area contributed by atoms with Gasteiger partial charge in [-0.3, -0.25) is 0 Å². The van der Waals surface area contributed by atoms with Crippen molar-refractivity contribution in [2.75, 3.05) is 158 Å². The van der Waals surface area contributed by atoms with Crippen molar-refractivity contribution in [3.05, 3.63) is 0 Å². The Bertz CT molecular complexity index is 370. The molecule has 0 saturated carbocycles. The average molecular weight is 562 g/mol. The van der Waals surface area contributed by atoms with Gasteiger partial charge in [-0.15, -0.1) is 0 Å². The zero-order chi connectivity index (χ0) is 26.7. The maximum Gasteiger partial charge on any atom is 0.0701 e. The van der Waals surface area contributed by atoms with Gasteiger partial charge >= 0.3 is 0 Å².